The van der Waals surface area contributed by atoms with Crippen molar-refractivity contribution in [1.82, 2.24) is 4.72 Å². The van der Waals surface area contributed by atoms with E-state index in [9.17, 15) is 13.5 Å². The van der Waals surface area contributed by atoms with E-state index in [0.717, 1.165) is 25.7 Å². The van der Waals surface area contributed by atoms with E-state index in [0.29, 0.717) is 16.8 Å². The molecule has 0 saturated heterocycles. The molecule has 2 unspecified atom stereocenters. The van der Waals surface area contributed by atoms with Gasteiger partial charge in [0.15, 0.2) is 0 Å². The molecule has 118 valence electrons. The fourth-order valence-corrected chi connectivity index (χ4v) is 4.93. The molecule has 1 saturated carbocycles. The molecule has 6 heteroatoms. The first-order chi connectivity index (χ1) is 9.86. The van der Waals surface area contributed by atoms with Crippen molar-refractivity contribution >= 4 is 15.7 Å². The van der Waals surface area contributed by atoms with Gasteiger partial charge >= 0.3 is 0 Å². The van der Waals surface area contributed by atoms with Gasteiger partial charge in [0, 0.05) is 18.3 Å². The molecule has 0 bridgehead atoms. The third kappa shape index (κ3) is 3.39. The van der Waals surface area contributed by atoms with Crippen LogP contribution < -0.4 is 10.5 Å². The van der Waals surface area contributed by atoms with Gasteiger partial charge in [-0.2, -0.15) is 0 Å². The number of anilines is 1. The average molecular weight is 312 g/mol. The topological polar surface area (TPSA) is 92.4 Å². The monoisotopic (exact) mass is 312 g/mol. The number of aliphatic hydroxyl groups is 1. The van der Waals surface area contributed by atoms with Gasteiger partial charge in [-0.3, -0.25) is 0 Å². The van der Waals surface area contributed by atoms with E-state index in [1.165, 1.54) is 0 Å². The number of benzene rings is 1. The van der Waals surface area contributed by atoms with Crippen LogP contribution >= 0.6 is 0 Å². The van der Waals surface area contributed by atoms with Crippen LogP contribution in [0.5, 0.6) is 0 Å². The molecule has 1 aliphatic rings. The summed E-state index contributed by atoms with van der Waals surface area (Å²) in [4.78, 5) is 0.268. The summed E-state index contributed by atoms with van der Waals surface area (Å²) in [5, 5.41) is 9.43. The Bertz CT molecular complexity index is 614. The van der Waals surface area contributed by atoms with Crippen molar-refractivity contribution < 1.29 is 13.5 Å². The number of hydrogen-bond donors (Lipinski definition) is 3. The summed E-state index contributed by atoms with van der Waals surface area (Å²) in [5.41, 5.74) is 7.58. The first kappa shape index (κ1) is 16.3. The number of hydrogen-bond acceptors (Lipinski definition) is 4. The first-order valence-corrected chi connectivity index (χ1v) is 8.84. The largest absolute Gasteiger partial charge is 0.398 e. The molecule has 0 aromatic heterocycles. The van der Waals surface area contributed by atoms with Gasteiger partial charge in [-0.1, -0.05) is 18.9 Å². The van der Waals surface area contributed by atoms with Crippen molar-refractivity contribution in [3.8, 4) is 0 Å². The Morgan fingerprint density at radius 3 is 2.62 bits per heavy atom. The molecular formula is C15H24N2O3S. The lowest BCUT2D eigenvalue weighted by molar-refractivity contribution is 0.164. The van der Waals surface area contributed by atoms with Crippen LogP contribution in [0.3, 0.4) is 0 Å². The molecule has 0 heterocycles. The number of nitrogens with two attached hydrogens (primary N) is 1. The van der Waals surface area contributed by atoms with Crippen molar-refractivity contribution in [3.63, 3.8) is 0 Å². The van der Waals surface area contributed by atoms with E-state index in [-0.39, 0.29) is 23.5 Å². The zero-order chi connectivity index (χ0) is 15.6. The van der Waals surface area contributed by atoms with Crippen molar-refractivity contribution in [2.75, 3.05) is 12.3 Å². The van der Waals surface area contributed by atoms with Crippen molar-refractivity contribution in [2.24, 2.45) is 5.92 Å². The van der Waals surface area contributed by atoms with E-state index in [2.05, 4.69) is 4.72 Å². The molecule has 0 aliphatic heterocycles. The molecule has 2 rings (SSSR count). The highest BCUT2D eigenvalue weighted by Gasteiger charge is 2.30. The lowest BCUT2D eigenvalue weighted by Gasteiger charge is -2.31. The van der Waals surface area contributed by atoms with Crippen LogP contribution in [0.15, 0.2) is 17.0 Å². The first-order valence-electron chi connectivity index (χ1n) is 7.35. The van der Waals surface area contributed by atoms with Crippen molar-refractivity contribution in [1.29, 1.82) is 0 Å². The maximum atomic E-state index is 12.7. The molecule has 2 atom stereocenters. The Balaban J connectivity index is 2.32. The summed E-state index contributed by atoms with van der Waals surface area (Å²) in [7, 11) is -3.63. The van der Waals surface area contributed by atoms with Gasteiger partial charge in [0.05, 0.1) is 4.90 Å². The van der Waals surface area contributed by atoms with Crippen LogP contribution in [0.2, 0.25) is 0 Å². The fraction of sp³-hybridized carbons (Fsp3) is 0.600. The Hall–Kier alpha value is -1.11. The minimum Gasteiger partial charge on any atom is -0.398 e. The molecule has 21 heavy (non-hydrogen) atoms. The molecule has 0 radical (unpaired) electrons. The molecular weight excluding hydrogens is 288 g/mol. The van der Waals surface area contributed by atoms with Gasteiger partial charge in [-0.15, -0.1) is 0 Å². The predicted molar refractivity (Wildman–Crippen MR) is 83.5 cm³/mol. The number of aliphatic hydroxyl groups excluding tert-OH is 1. The van der Waals surface area contributed by atoms with Crippen LogP contribution in [-0.2, 0) is 10.0 Å². The second-order valence-electron chi connectivity index (χ2n) is 5.88. The summed E-state index contributed by atoms with van der Waals surface area (Å²) in [6, 6.07) is 3.25. The minimum atomic E-state index is -3.63. The quantitative estimate of drug-likeness (QED) is 0.738. The zero-order valence-electron chi connectivity index (χ0n) is 12.6. The second-order valence-corrected chi connectivity index (χ2v) is 7.53. The van der Waals surface area contributed by atoms with E-state index in [4.69, 9.17) is 5.73 Å². The van der Waals surface area contributed by atoms with Gasteiger partial charge in [-0.25, -0.2) is 13.1 Å². The zero-order valence-corrected chi connectivity index (χ0v) is 13.4. The number of rotatable bonds is 4. The van der Waals surface area contributed by atoms with Crippen LogP contribution in [0.4, 0.5) is 5.69 Å². The van der Waals surface area contributed by atoms with Gasteiger partial charge < -0.3 is 10.8 Å². The molecule has 1 aromatic carbocycles. The molecule has 1 fully saturated rings. The summed E-state index contributed by atoms with van der Waals surface area (Å²) in [6.07, 6.45) is 3.65. The van der Waals surface area contributed by atoms with Crippen LogP contribution in [0.1, 0.15) is 36.8 Å². The predicted octanol–water partition coefficient (Wildman–Crippen LogP) is 1.72. The average Bonchev–Trinajstić information content (AvgIpc) is 2.43. The highest BCUT2D eigenvalue weighted by molar-refractivity contribution is 7.89. The summed E-state index contributed by atoms with van der Waals surface area (Å²) < 4.78 is 28.2. The molecule has 0 amide bonds. The molecule has 0 spiro atoms. The van der Waals surface area contributed by atoms with Crippen LogP contribution in [0.25, 0.3) is 0 Å². The van der Waals surface area contributed by atoms with E-state index in [1.807, 2.05) is 0 Å². The number of nitrogens with one attached hydrogen (secondary N) is 1. The van der Waals surface area contributed by atoms with E-state index in [1.54, 1.807) is 26.0 Å². The molecule has 1 aliphatic carbocycles. The maximum absolute atomic E-state index is 12.7. The Labute approximate surface area is 126 Å². The summed E-state index contributed by atoms with van der Waals surface area (Å²) >= 11 is 0. The van der Waals surface area contributed by atoms with Crippen LogP contribution in [-0.4, -0.2) is 26.2 Å². The van der Waals surface area contributed by atoms with E-state index >= 15 is 0 Å². The molecule has 4 N–H and O–H groups in total. The number of sulfonamides is 1. The summed E-state index contributed by atoms with van der Waals surface area (Å²) in [5.74, 6) is -0.00445. The molecule has 1 aromatic rings. The third-order valence-electron chi connectivity index (χ3n) is 4.36. The summed E-state index contributed by atoms with van der Waals surface area (Å²) in [6.45, 7) is 3.51. The van der Waals surface area contributed by atoms with Gasteiger partial charge in [0.25, 0.3) is 0 Å². The van der Waals surface area contributed by atoms with E-state index < -0.39 is 10.0 Å². The SMILES string of the molecule is Cc1ccc(N)c(C)c1S(=O)(=O)NC1CCCCC1CO. The van der Waals surface area contributed by atoms with Crippen molar-refractivity contribution in [2.45, 2.75) is 50.5 Å². The second kappa shape index (κ2) is 6.34. The van der Waals surface area contributed by atoms with Gasteiger partial charge in [0.2, 0.25) is 10.0 Å². The third-order valence-corrected chi connectivity index (χ3v) is 6.14. The van der Waals surface area contributed by atoms with Gasteiger partial charge in [0.1, 0.15) is 0 Å². The minimum absolute atomic E-state index is 0.00445. The van der Waals surface area contributed by atoms with Crippen molar-refractivity contribution in [3.05, 3.63) is 23.3 Å². The Morgan fingerprint density at radius 2 is 1.95 bits per heavy atom. The number of nitrogen functional groups attached to an aromatic ring is 1. The smallest absolute Gasteiger partial charge is 0.241 e. The fourth-order valence-electron chi connectivity index (χ4n) is 3.10. The number of aryl methyl sites for hydroxylation is 1. The Kier molecular flexibility index (Phi) is 4.91. The van der Waals surface area contributed by atoms with Crippen LogP contribution in [0, 0.1) is 19.8 Å². The van der Waals surface area contributed by atoms with Gasteiger partial charge in [-0.05, 0) is 49.8 Å². The Morgan fingerprint density at radius 1 is 1.29 bits per heavy atom. The lowest BCUT2D eigenvalue weighted by Crippen LogP contribution is -2.43. The standard InChI is InChI=1S/C15H24N2O3S/c1-10-7-8-13(16)11(2)15(10)21(19,20)17-14-6-4-3-5-12(14)9-18/h7-8,12,14,17-18H,3-6,9,16H2,1-2H3. The highest BCUT2D eigenvalue weighted by Crippen LogP contribution is 2.28. The maximum Gasteiger partial charge on any atom is 0.241 e. The lowest BCUT2D eigenvalue weighted by atomic mass is 9.86. The highest BCUT2D eigenvalue weighted by atomic mass is 32.2. The normalized spacial score (nSPS) is 23.2. The molecule has 5 nitrogen and oxygen atoms in total.